The van der Waals surface area contributed by atoms with Crippen molar-refractivity contribution in [3.8, 4) is 0 Å². The monoisotopic (exact) mass is 259 g/mol. The summed E-state index contributed by atoms with van der Waals surface area (Å²) in [5.41, 5.74) is 0. The van der Waals surface area contributed by atoms with Crippen LogP contribution in [0.4, 0.5) is 0 Å². The van der Waals surface area contributed by atoms with Gasteiger partial charge in [0.05, 0.1) is 12.0 Å². The summed E-state index contributed by atoms with van der Waals surface area (Å²) in [6.07, 6.45) is 5.32. The number of nitrogens with one attached hydrogen (secondary N) is 1. The summed E-state index contributed by atoms with van der Waals surface area (Å²) in [7, 11) is 0. The standard InChI is InChI=1S/C13H22ClNO2/c1-2-12-10(6-7-17-12)13(16)15-8-9-4-3-5-11(9)14/h9-12H,2-8H2,1H3,(H,15,16). The molecule has 4 unspecified atom stereocenters. The Bertz CT molecular complexity index is 272. The van der Waals surface area contributed by atoms with Gasteiger partial charge in [0.25, 0.3) is 0 Å². The molecule has 0 spiro atoms. The van der Waals surface area contributed by atoms with Gasteiger partial charge in [-0.1, -0.05) is 13.3 Å². The molecule has 1 N–H and O–H groups in total. The first-order valence-electron chi connectivity index (χ1n) is 6.75. The van der Waals surface area contributed by atoms with Crippen LogP contribution in [0, 0.1) is 11.8 Å². The van der Waals surface area contributed by atoms with E-state index in [1.54, 1.807) is 0 Å². The number of carbonyl (C=O) groups is 1. The van der Waals surface area contributed by atoms with Crippen LogP contribution in [0.5, 0.6) is 0 Å². The molecule has 17 heavy (non-hydrogen) atoms. The van der Waals surface area contributed by atoms with Crippen molar-refractivity contribution in [3.05, 3.63) is 0 Å². The molecule has 0 aromatic rings. The molecule has 98 valence electrons. The van der Waals surface area contributed by atoms with Gasteiger partial charge in [0, 0.05) is 18.5 Å². The van der Waals surface area contributed by atoms with Gasteiger partial charge in [0.15, 0.2) is 0 Å². The van der Waals surface area contributed by atoms with Crippen molar-refractivity contribution in [2.75, 3.05) is 13.2 Å². The lowest BCUT2D eigenvalue weighted by atomic mass is 9.98. The summed E-state index contributed by atoms with van der Waals surface area (Å²) in [5, 5.41) is 3.31. The number of carbonyl (C=O) groups excluding carboxylic acids is 1. The molecule has 1 saturated carbocycles. The minimum Gasteiger partial charge on any atom is -0.377 e. The Morgan fingerprint density at radius 3 is 2.88 bits per heavy atom. The fraction of sp³-hybridized carbons (Fsp3) is 0.923. The molecule has 0 aromatic carbocycles. The molecule has 0 bridgehead atoms. The normalized spacial score (nSPS) is 37.3. The molecular formula is C13H22ClNO2. The van der Waals surface area contributed by atoms with E-state index in [1.165, 1.54) is 6.42 Å². The molecule has 4 atom stereocenters. The fourth-order valence-corrected chi connectivity index (χ4v) is 3.30. The lowest BCUT2D eigenvalue weighted by Crippen LogP contribution is -2.38. The minimum atomic E-state index is 0.0511. The summed E-state index contributed by atoms with van der Waals surface area (Å²) in [6.45, 7) is 3.53. The number of amides is 1. The van der Waals surface area contributed by atoms with Crippen LogP contribution in [0.2, 0.25) is 0 Å². The van der Waals surface area contributed by atoms with Crippen molar-refractivity contribution < 1.29 is 9.53 Å². The first-order chi connectivity index (χ1) is 8.22. The lowest BCUT2D eigenvalue weighted by Gasteiger charge is -2.19. The molecular weight excluding hydrogens is 238 g/mol. The van der Waals surface area contributed by atoms with Crippen molar-refractivity contribution in [2.45, 2.75) is 50.5 Å². The Balaban J connectivity index is 1.77. The number of halogens is 1. The Labute approximate surface area is 108 Å². The molecule has 1 amide bonds. The van der Waals surface area contributed by atoms with Gasteiger partial charge in [-0.25, -0.2) is 0 Å². The Morgan fingerprint density at radius 1 is 1.41 bits per heavy atom. The average Bonchev–Trinajstić information content (AvgIpc) is 2.94. The molecule has 2 rings (SSSR count). The van der Waals surface area contributed by atoms with E-state index in [4.69, 9.17) is 16.3 Å². The number of hydrogen-bond acceptors (Lipinski definition) is 2. The molecule has 0 aromatic heterocycles. The molecule has 1 aliphatic heterocycles. The van der Waals surface area contributed by atoms with Gasteiger partial charge in [0.1, 0.15) is 0 Å². The zero-order chi connectivity index (χ0) is 12.3. The topological polar surface area (TPSA) is 38.3 Å². The third-order valence-corrected chi connectivity index (χ3v) is 4.63. The van der Waals surface area contributed by atoms with E-state index in [0.29, 0.717) is 5.92 Å². The number of rotatable bonds is 4. The zero-order valence-electron chi connectivity index (χ0n) is 10.5. The van der Waals surface area contributed by atoms with E-state index >= 15 is 0 Å². The molecule has 4 heteroatoms. The molecule has 1 aliphatic carbocycles. The van der Waals surface area contributed by atoms with Crippen LogP contribution < -0.4 is 5.32 Å². The largest absolute Gasteiger partial charge is 0.377 e. The fourth-order valence-electron chi connectivity index (χ4n) is 2.94. The second kappa shape index (κ2) is 6.05. The minimum absolute atomic E-state index is 0.0511. The second-order valence-corrected chi connectivity index (χ2v) is 5.73. The first kappa shape index (κ1) is 13.2. The van der Waals surface area contributed by atoms with Crippen LogP contribution in [0.15, 0.2) is 0 Å². The number of alkyl halides is 1. The average molecular weight is 260 g/mol. The highest BCUT2D eigenvalue weighted by atomic mass is 35.5. The van der Waals surface area contributed by atoms with E-state index in [1.807, 2.05) is 0 Å². The van der Waals surface area contributed by atoms with Crippen LogP contribution in [0.1, 0.15) is 39.0 Å². The number of ether oxygens (including phenoxy) is 1. The van der Waals surface area contributed by atoms with Crippen LogP contribution >= 0.6 is 11.6 Å². The van der Waals surface area contributed by atoms with E-state index in [0.717, 1.165) is 38.8 Å². The van der Waals surface area contributed by atoms with E-state index in [-0.39, 0.29) is 23.3 Å². The highest BCUT2D eigenvalue weighted by molar-refractivity contribution is 6.20. The third-order valence-electron chi connectivity index (χ3n) is 4.05. The number of hydrogen-bond donors (Lipinski definition) is 1. The summed E-state index contributed by atoms with van der Waals surface area (Å²) in [4.78, 5) is 12.0. The highest BCUT2D eigenvalue weighted by Crippen LogP contribution is 2.30. The van der Waals surface area contributed by atoms with Crippen LogP contribution in [-0.2, 0) is 9.53 Å². The lowest BCUT2D eigenvalue weighted by molar-refractivity contribution is -0.126. The van der Waals surface area contributed by atoms with Gasteiger partial charge in [-0.2, -0.15) is 0 Å². The van der Waals surface area contributed by atoms with Gasteiger partial charge in [-0.15, -0.1) is 11.6 Å². The Kier molecular flexibility index (Phi) is 4.69. The van der Waals surface area contributed by atoms with Crippen molar-refractivity contribution in [2.24, 2.45) is 11.8 Å². The van der Waals surface area contributed by atoms with Crippen molar-refractivity contribution >= 4 is 17.5 Å². The van der Waals surface area contributed by atoms with E-state index < -0.39 is 0 Å². The van der Waals surface area contributed by atoms with Gasteiger partial charge in [-0.05, 0) is 31.6 Å². The van der Waals surface area contributed by atoms with Gasteiger partial charge in [-0.3, -0.25) is 4.79 Å². The smallest absolute Gasteiger partial charge is 0.225 e. The summed E-state index contributed by atoms with van der Waals surface area (Å²) < 4.78 is 5.54. The first-order valence-corrected chi connectivity index (χ1v) is 7.19. The molecule has 2 fully saturated rings. The van der Waals surface area contributed by atoms with Crippen molar-refractivity contribution in [1.82, 2.24) is 5.32 Å². The van der Waals surface area contributed by atoms with Gasteiger partial charge < -0.3 is 10.1 Å². The predicted octanol–water partition coefficient (Wildman–Crippen LogP) is 2.33. The van der Waals surface area contributed by atoms with Crippen LogP contribution in [-0.4, -0.2) is 30.5 Å². The summed E-state index contributed by atoms with van der Waals surface area (Å²) in [5.74, 6) is 0.670. The van der Waals surface area contributed by atoms with Crippen molar-refractivity contribution in [3.63, 3.8) is 0 Å². The zero-order valence-corrected chi connectivity index (χ0v) is 11.2. The molecule has 3 nitrogen and oxygen atoms in total. The van der Waals surface area contributed by atoms with E-state index in [9.17, 15) is 4.79 Å². The van der Waals surface area contributed by atoms with Crippen LogP contribution in [0.25, 0.3) is 0 Å². The molecule has 1 heterocycles. The molecule has 0 radical (unpaired) electrons. The summed E-state index contributed by atoms with van der Waals surface area (Å²) in [6, 6.07) is 0. The maximum absolute atomic E-state index is 12.0. The van der Waals surface area contributed by atoms with E-state index in [2.05, 4.69) is 12.2 Å². The molecule has 2 aliphatic rings. The van der Waals surface area contributed by atoms with Crippen LogP contribution in [0.3, 0.4) is 0 Å². The summed E-state index contributed by atoms with van der Waals surface area (Å²) >= 11 is 6.20. The Morgan fingerprint density at radius 2 is 2.24 bits per heavy atom. The maximum atomic E-state index is 12.0. The van der Waals surface area contributed by atoms with Gasteiger partial charge in [0.2, 0.25) is 5.91 Å². The molecule has 1 saturated heterocycles. The quantitative estimate of drug-likeness (QED) is 0.787. The maximum Gasteiger partial charge on any atom is 0.225 e. The highest BCUT2D eigenvalue weighted by Gasteiger charge is 2.33. The van der Waals surface area contributed by atoms with Crippen molar-refractivity contribution in [1.29, 1.82) is 0 Å². The third kappa shape index (κ3) is 3.14. The van der Waals surface area contributed by atoms with Gasteiger partial charge >= 0.3 is 0 Å². The SMILES string of the molecule is CCC1OCCC1C(=O)NCC1CCCC1Cl. The predicted molar refractivity (Wildman–Crippen MR) is 68.1 cm³/mol. The Hall–Kier alpha value is -0.280. The second-order valence-electron chi connectivity index (χ2n) is 5.16.